The molecular weight excluding hydrogens is 330 g/mol. The number of halogens is 1. The summed E-state index contributed by atoms with van der Waals surface area (Å²) >= 11 is 3.53. The van der Waals surface area contributed by atoms with E-state index < -0.39 is 0 Å². The molecule has 3 aromatic rings. The predicted octanol–water partition coefficient (Wildman–Crippen LogP) is 4.51. The van der Waals surface area contributed by atoms with Crippen LogP contribution in [0.3, 0.4) is 0 Å². The summed E-state index contributed by atoms with van der Waals surface area (Å²) in [5, 5.41) is 4.39. The van der Waals surface area contributed by atoms with E-state index in [1.165, 1.54) is 0 Å². The van der Waals surface area contributed by atoms with Crippen molar-refractivity contribution < 1.29 is 9.15 Å². The third kappa shape index (κ3) is 2.69. The molecule has 0 fully saturated rings. The maximum Gasteiger partial charge on any atom is 0.148 e. The molecule has 21 heavy (non-hydrogen) atoms. The van der Waals surface area contributed by atoms with Crippen molar-refractivity contribution in [3.05, 3.63) is 64.3 Å². The zero-order chi connectivity index (χ0) is 14.8. The minimum Gasteiger partial charge on any atom is -0.497 e. The molecule has 0 radical (unpaired) electrons. The fourth-order valence-electron chi connectivity index (χ4n) is 2.46. The number of hydrogen-bond donors (Lipinski definition) is 1. The van der Waals surface area contributed by atoms with Gasteiger partial charge in [-0.2, -0.15) is 0 Å². The Labute approximate surface area is 132 Å². The van der Waals surface area contributed by atoms with Gasteiger partial charge in [0, 0.05) is 5.39 Å². The van der Waals surface area contributed by atoms with Gasteiger partial charge in [0.15, 0.2) is 0 Å². The van der Waals surface area contributed by atoms with Crippen molar-refractivity contribution in [1.29, 1.82) is 0 Å². The van der Waals surface area contributed by atoms with Crippen molar-refractivity contribution in [3.63, 3.8) is 0 Å². The van der Waals surface area contributed by atoms with E-state index >= 15 is 0 Å². The summed E-state index contributed by atoms with van der Waals surface area (Å²) in [6.07, 6.45) is 0. The number of ether oxygens (including phenoxy) is 1. The number of nitrogens with one attached hydrogen (secondary N) is 1. The van der Waals surface area contributed by atoms with Crippen molar-refractivity contribution in [1.82, 2.24) is 5.32 Å². The lowest BCUT2D eigenvalue weighted by Gasteiger charge is -2.14. The van der Waals surface area contributed by atoms with Crippen molar-refractivity contribution in [2.75, 3.05) is 14.2 Å². The molecule has 0 amide bonds. The van der Waals surface area contributed by atoms with E-state index in [1.54, 1.807) is 7.11 Å². The molecule has 1 aromatic heterocycles. The van der Waals surface area contributed by atoms with Crippen LogP contribution in [-0.4, -0.2) is 14.2 Å². The van der Waals surface area contributed by atoms with Gasteiger partial charge >= 0.3 is 0 Å². The molecule has 0 aliphatic rings. The van der Waals surface area contributed by atoms with Crippen LogP contribution in [0, 0.1) is 0 Å². The van der Waals surface area contributed by atoms with E-state index in [0.717, 1.165) is 32.5 Å². The molecule has 108 valence electrons. The average Bonchev–Trinajstić information content (AvgIpc) is 2.94. The lowest BCUT2D eigenvalue weighted by Crippen LogP contribution is -2.16. The fraction of sp³-hybridized carbons (Fsp3) is 0.176. The second-order valence-corrected chi connectivity index (χ2v) is 5.66. The summed E-state index contributed by atoms with van der Waals surface area (Å²) in [6.45, 7) is 0. The maximum absolute atomic E-state index is 6.02. The number of para-hydroxylation sites is 1. The molecule has 1 unspecified atom stereocenters. The van der Waals surface area contributed by atoms with Gasteiger partial charge in [-0.15, -0.1) is 0 Å². The molecule has 1 heterocycles. The van der Waals surface area contributed by atoms with Gasteiger partial charge in [-0.1, -0.05) is 24.3 Å². The first-order valence-electron chi connectivity index (χ1n) is 6.72. The number of rotatable bonds is 4. The van der Waals surface area contributed by atoms with Gasteiger partial charge in [0.1, 0.15) is 17.1 Å². The van der Waals surface area contributed by atoms with Gasteiger partial charge in [0.05, 0.1) is 17.6 Å². The van der Waals surface area contributed by atoms with Gasteiger partial charge in [-0.3, -0.25) is 0 Å². The van der Waals surface area contributed by atoms with Gasteiger partial charge in [0.2, 0.25) is 0 Å². The highest BCUT2D eigenvalue weighted by molar-refractivity contribution is 9.10. The van der Waals surface area contributed by atoms with Crippen molar-refractivity contribution in [2.45, 2.75) is 6.04 Å². The lowest BCUT2D eigenvalue weighted by atomic mass is 10.0. The Morgan fingerprint density at radius 3 is 2.52 bits per heavy atom. The summed E-state index contributed by atoms with van der Waals surface area (Å²) in [6, 6.07) is 16.1. The molecule has 2 aromatic carbocycles. The minimum atomic E-state index is 0.00945. The van der Waals surface area contributed by atoms with Crippen LogP contribution in [0.5, 0.6) is 5.75 Å². The topological polar surface area (TPSA) is 34.4 Å². The predicted molar refractivity (Wildman–Crippen MR) is 87.8 cm³/mol. The van der Waals surface area contributed by atoms with Crippen LogP contribution in [0.2, 0.25) is 0 Å². The minimum absolute atomic E-state index is 0.00945. The second kappa shape index (κ2) is 5.92. The van der Waals surface area contributed by atoms with Crippen LogP contribution in [0.15, 0.2) is 57.4 Å². The van der Waals surface area contributed by atoms with Crippen LogP contribution in [0.1, 0.15) is 17.4 Å². The zero-order valence-corrected chi connectivity index (χ0v) is 13.5. The Balaban J connectivity index is 2.02. The van der Waals surface area contributed by atoms with E-state index in [1.807, 2.05) is 49.5 Å². The van der Waals surface area contributed by atoms with E-state index in [2.05, 4.69) is 27.3 Å². The van der Waals surface area contributed by atoms with E-state index in [4.69, 9.17) is 9.15 Å². The SMILES string of the molecule is CNC(c1ccc(OC)cc1)c1cc2cccc(Br)c2o1. The number of fused-ring (bicyclic) bond motifs is 1. The highest BCUT2D eigenvalue weighted by Crippen LogP contribution is 2.32. The molecule has 0 bridgehead atoms. The first-order valence-corrected chi connectivity index (χ1v) is 7.51. The standard InChI is InChI=1S/C17H16BrNO2/c1-19-16(11-6-8-13(20-2)9-7-11)15-10-12-4-3-5-14(18)17(12)21-15/h3-10,16,19H,1-2H3. The Kier molecular flexibility index (Phi) is 3.99. The molecule has 3 nitrogen and oxygen atoms in total. The average molecular weight is 346 g/mol. The van der Waals surface area contributed by atoms with Crippen LogP contribution in [-0.2, 0) is 0 Å². The molecule has 0 aliphatic heterocycles. The smallest absolute Gasteiger partial charge is 0.148 e. The lowest BCUT2D eigenvalue weighted by molar-refractivity contribution is 0.414. The Morgan fingerprint density at radius 2 is 1.90 bits per heavy atom. The monoisotopic (exact) mass is 345 g/mol. The summed E-state index contributed by atoms with van der Waals surface area (Å²) in [5.41, 5.74) is 2.01. The largest absolute Gasteiger partial charge is 0.497 e. The van der Waals surface area contributed by atoms with Gasteiger partial charge in [-0.25, -0.2) is 0 Å². The molecule has 0 aliphatic carbocycles. The quantitative estimate of drug-likeness (QED) is 0.755. The van der Waals surface area contributed by atoms with E-state index in [-0.39, 0.29) is 6.04 Å². The normalized spacial score (nSPS) is 12.5. The summed E-state index contributed by atoms with van der Waals surface area (Å²) in [5.74, 6) is 1.74. The number of benzene rings is 2. The second-order valence-electron chi connectivity index (χ2n) is 4.80. The summed E-state index contributed by atoms with van der Waals surface area (Å²) in [7, 11) is 3.60. The Morgan fingerprint density at radius 1 is 1.14 bits per heavy atom. The number of hydrogen-bond acceptors (Lipinski definition) is 3. The number of methoxy groups -OCH3 is 1. The molecule has 4 heteroatoms. The first-order chi connectivity index (χ1) is 10.2. The molecule has 0 spiro atoms. The Bertz CT molecular complexity index is 749. The molecule has 1 N–H and O–H groups in total. The highest BCUT2D eigenvalue weighted by atomic mass is 79.9. The zero-order valence-electron chi connectivity index (χ0n) is 11.9. The summed E-state index contributed by atoms with van der Waals surface area (Å²) in [4.78, 5) is 0. The summed E-state index contributed by atoms with van der Waals surface area (Å²) < 4.78 is 12.2. The van der Waals surface area contributed by atoms with Crippen molar-refractivity contribution in [2.24, 2.45) is 0 Å². The molecular formula is C17H16BrNO2. The van der Waals surface area contributed by atoms with Gasteiger partial charge in [0.25, 0.3) is 0 Å². The Hall–Kier alpha value is -1.78. The van der Waals surface area contributed by atoms with Gasteiger partial charge in [-0.05, 0) is 52.8 Å². The van der Waals surface area contributed by atoms with Crippen LogP contribution in [0.25, 0.3) is 11.0 Å². The highest BCUT2D eigenvalue weighted by Gasteiger charge is 2.17. The van der Waals surface area contributed by atoms with E-state index in [0.29, 0.717) is 0 Å². The molecule has 0 saturated heterocycles. The third-order valence-corrected chi connectivity index (χ3v) is 4.16. The molecule has 3 rings (SSSR count). The van der Waals surface area contributed by atoms with Crippen LogP contribution < -0.4 is 10.1 Å². The fourth-order valence-corrected chi connectivity index (χ4v) is 2.92. The van der Waals surface area contributed by atoms with Gasteiger partial charge < -0.3 is 14.5 Å². The van der Waals surface area contributed by atoms with Crippen LogP contribution >= 0.6 is 15.9 Å². The van der Waals surface area contributed by atoms with Crippen molar-refractivity contribution >= 4 is 26.9 Å². The van der Waals surface area contributed by atoms with Crippen molar-refractivity contribution in [3.8, 4) is 5.75 Å². The van der Waals surface area contributed by atoms with Crippen LogP contribution in [0.4, 0.5) is 0 Å². The third-order valence-electron chi connectivity index (χ3n) is 3.54. The first kappa shape index (κ1) is 14.2. The number of furan rings is 1. The molecule has 1 atom stereocenters. The molecule has 0 saturated carbocycles. The maximum atomic E-state index is 6.02. The van der Waals surface area contributed by atoms with E-state index in [9.17, 15) is 0 Å².